The van der Waals surface area contributed by atoms with E-state index < -0.39 is 23.5 Å². The van der Waals surface area contributed by atoms with Crippen molar-refractivity contribution in [2.45, 2.75) is 72.1 Å². The van der Waals surface area contributed by atoms with Gasteiger partial charge in [0.2, 0.25) is 11.8 Å². The molecule has 0 unspecified atom stereocenters. The van der Waals surface area contributed by atoms with Gasteiger partial charge in [0.25, 0.3) is 0 Å². The molecule has 2 aromatic carbocycles. The lowest BCUT2D eigenvalue weighted by Gasteiger charge is -2.35. The number of aliphatic hydroxyl groups excluding tert-OH is 1. The molecule has 1 aliphatic heterocycles. The summed E-state index contributed by atoms with van der Waals surface area (Å²) in [5.74, 6) is -0.626. The number of Topliss-reactive ketones (excluding diaryl/α,β-unsaturated/α-hetero) is 1. The number of aromatic nitrogens is 1. The number of β-amino-alcohol motifs (C(OH)–C–C–N with tert-alkyl or cyclic N) is 1. The molecule has 1 aromatic heterocycles. The maximum atomic E-state index is 13.9. The molecule has 1 saturated heterocycles. The summed E-state index contributed by atoms with van der Waals surface area (Å²) in [5.41, 5.74) is 4.28. The molecule has 0 saturated carbocycles. The van der Waals surface area contributed by atoms with Gasteiger partial charge in [-0.05, 0) is 77.2 Å². The van der Waals surface area contributed by atoms with Crippen LogP contribution in [0.15, 0.2) is 54.0 Å². The van der Waals surface area contributed by atoms with E-state index in [1.165, 1.54) is 4.90 Å². The molecule has 4 rings (SSSR count). The first-order valence-electron chi connectivity index (χ1n) is 14.5. The zero-order chi connectivity index (χ0) is 31.3. The third-order valence-electron chi connectivity index (χ3n) is 7.88. The van der Waals surface area contributed by atoms with Crippen molar-refractivity contribution in [3.8, 4) is 16.2 Å². The van der Waals surface area contributed by atoms with Gasteiger partial charge in [0, 0.05) is 35.3 Å². The van der Waals surface area contributed by atoms with Gasteiger partial charge in [-0.2, -0.15) is 0 Å². The van der Waals surface area contributed by atoms with E-state index in [9.17, 15) is 19.5 Å². The second-order valence-corrected chi connectivity index (χ2v) is 14.3. The van der Waals surface area contributed by atoms with Crippen LogP contribution in [0.2, 0.25) is 0 Å². The van der Waals surface area contributed by atoms with Crippen LogP contribution >= 0.6 is 33.9 Å². The Morgan fingerprint density at radius 2 is 1.81 bits per heavy atom. The van der Waals surface area contributed by atoms with Crippen LogP contribution in [0.25, 0.3) is 10.4 Å². The van der Waals surface area contributed by atoms with Gasteiger partial charge in [0.1, 0.15) is 17.6 Å². The number of nitrogens with one attached hydrogen (secondary N) is 1. The van der Waals surface area contributed by atoms with Crippen molar-refractivity contribution in [1.82, 2.24) is 15.2 Å². The quantitative estimate of drug-likeness (QED) is 0.238. The Morgan fingerprint density at radius 3 is 2.42 bits per heavy atom. The largest absolute Gasteiger partial charge is 0.493 e. The van der Waals surface area contributed by atoms with E-state index in [1.54, 1.807) is 11.3 Å². The highest BCUT2D eigenvalue weighted by Gasteiger charge is 2.44. The van der Waals surface area contributed by atoms with Crippen LogP contribution < -0.4 is 10.1 Å². The minimum Gasteiger partial charge on any atom is -0.493 e. The van der Waals surface area contributed by atoms with Crippen LogP contribution in [0.1, 0.15) is 64.3 Å². The minimum absolute atomic E-state index is 0.0430. The lowest BCUT2D eigenvalue weighted by molar-refractivity contribution is -0.146. The number of carbonyl (C=O) groups excluding carboxylic acids is 3. The molecule has 0 radical (unpaired) electrons. The topological polar surface area (TPSA) is 109 Å². The van der Waals surface area contributed by atoms with E-state index in [1.807, 2.05) is 88.7 Å². The van der Waals surface area contributed by atoms with Crippen molar-refractivity contribution >= 4 is 51.5 Å². The highest BCUT2D eigenvalue weighted by molar-refractivity contribution is 14.1. The van der Waals surface area contributed by atoms with Crippen molar-refractivity contribution in [1.29, 1.82) is 0 Å². The van der Waals surface area contributed by atoms with Gasteiger partial charge in [0.15, 0.2) is 0 Å². The number of benzene rings is 2. The fraction of sp³-hybridized carbons (Fsp3) is 0.455. The van der Waals surface area contributed by atoms with Gasteiger partial charge < -0.3 is 20.1 Å². The van der Waals surface area contributed by atoms with Gasteiger partial charge >= 0.3 is 0 Å². The van der Waals surface area contributed by atoms with Gasteiger partial charge in [0.05, 0.1) is 34.8 Å². The Balaban J connectivity index is 1.38. The van der Waals surface area contributed by atoms with Crippen molar-refractivity contribution in [2.75, 3.05) is 13.2 Å². The van der Waals surface area contributed by atoms with Crippen LogP contribution in [0.3, 0.4) is 0 Å². The Kier molecular flexibility index (Phi) is 11.0. The number of hydrogen-bond donors (Lipinski definition) is 2. The number of amides is 2. The molecule has 230 valence electrons. The van der Waals surface area contributed by atoms with Crippen molar-refractivity contribution in [3.05, 3.63) is 68.9 Å². The lowest BCUT2D eigenvalue weighted by atomic mass is 9.76. The van der Waals surface area contributed by atoms with Crippen LogP contribution in [-0.4, -0.2) is 57.9 Å². The number of aryl methyl sites for hydroxylation is 1. The van der Waals surface area contributed by atoms with Gasteiger partial charge in [-0.3, -0.25) is 14.4 Å². The first-order valence-corrected chi connectivity index (χ1v) is 16.5. The number of halogens is 1. The van der Waals surface area contributed by atoms with Crippen LogP contribution in [0.5, 0.6) is 5.75 Å². The maximum Gasteiger partial charge on any atom is 0.243 e. The number of rotatable bonds is 11. The van der Waals surface area contributed by atoms with Crippen LogP contribution in [-0.2, 0) is 14.4 Å². The predicted octanol–water partition coefficient (Wildman–Crippen LogP) is 5.95. The van der Waals surface area contributed by atoms with Gasteiger partial charge in [-0.25, -0.2) is 4.98 Å². The number of ether oxygens (including phenoxy) is 1. The predicted molar refractivity (Wildman–Crippen MR) is 177 cm³/mol. The van der Waals surface area contributed by atoms with E-state index in [-0.39, 0.29) is 56.1 Å². The average molecular weight is 718 g/mol. The molecule has 2 heterocycles. The number of aliphatic hydroxyl groups is 1. The number of carbonyl (C=O) groups is 3. The smallest absolute Gasteiger partial charge is 0.243 e. The summed E-state index contributed by atoms with van der Waals surface area (Å²) in [7, 11) is 0. The molecule has 8 nitrogen and oxygen atoms in total. The van der Waals surface area contributed by atoms with E-state index in [0.29, 0.717) is 5.75 Å². The molecule has 0 bridgehead atoms. The van der Waals surface area contributed by atoms with Crippen molar-refractivity contribution in [2.24, 2.45) is 11.3 Å². The summed E-state index contributed by atoms with van der Waals surface area (Å²) in [6, 6.07) is 14.5. The SMILES string of the molecule is Cc1ncsc1-c1ccc([C@H](C)NC(=O)[C@@H]2C[C@@H](O)CN2C(=O)[C@@H](CC(=O)CCOc2ccc(I)cc2)C(C)(C)C)cc1. The normalized spacial score (nSPS) is 18.3. The van der Waals surface area contributed by atoms with E-state index in [4.69, 9.17) is 4.74 Å². The summed E-state index contributed by atoms with van der Waals surface area (Å²) in [4.78, 5) is 47.2. The zero-order valence-corrected chi connectivity index (χ0v) is 28.3. The Bertz CT molecular complexity index is 1420. The summed E-state index contributed by atoms with van der Waals surface area (Å²) >= 11 is 3.81. The van der Waals surface area contributed by atoms with E-state index in [0.717, 1.165) is 25.3 Å². The third kappa shape index (κ3) is 8.63. The van der Waals surface area contributed by atoms with Gasteiger partial charge in [-0.1, -0.05) is 45.0 Å². The van der Waals surface area contributed by atoms with Crippen molar-refractivity contribution in [3.63, 3.8) is 0 Å². The standard InChI is InChI=1S/C33H40IN3O5S/c1-20(22-6-8-23(9-7-22)30-21(2)35-19-43-30)36-31(40)29-17-26(39)18-37(29)32(41)28(33(3,4)5)16-25(38)14-15-42-27-12-10-24(34)11-13-27/h6-13,19-20,26,28-29,39H,14-18H2,1-5H3,(H,36,40)/t20-,26+,28+,29-/m0/s1. The Hall–Kier alpha value is -2.83. The minimum atomic E-state index is -0.812. The molecule has 10 heteroatoms. The summed E-state index contributed by atoms with van der Waals surface area (Å²) in [5, 5.41) is 13.5. The zero-order valence-electron chi connectivity index (χ0n) is 25.3. The molecule has 2 N–H and O–H groups in total. The highest BCUT2D eigenvalue weighted by Crippen LogP contribution is 2.34. The summed E-state index contributed by atoms with van der Waals surface area (Å²) < 4.78 is 6.81. The fourth-order valence-corrected chi connectivity index (χ4v) is 6.48. The van der Waals surface area contributed by atoms with Crippen molar-refractivity contribution < 1.29 is 24.2 Å². The monoisotopic (exact) mass is 717 g/mol. The molecule has 1 aliphatic rings. The molecule has 0 aliphatic carbocycles. The molecule has 1 fully saturated rings. The molecule has 2 amide bonds. The number of likely N-dealkylation sites (tertiary alicyclic amines) is 1. The summed E-state index contributed by atoms with van der Waals surface area (Å²) in [6.07, 6.45) is -0.434. The lowest BCUT2D eigenvalue weighted by Crippen LogP contribution is -2.50. The third-order valence-corrected chi connectivity index (χ3v) is 9.58. The highest BCUT2D eigenvalue weighted by atomic mass is 127. The van der Waals surface area contributed by atoms with E-state index >= 15 is 0 Å². The Labute approximate surface area is 271 Å². The fourth-order valence-electron chi connectivity index (χ4n) is 5.31. The van der Waals surface area contributed by atoms with E-state index in [2.05, 4.69) is 32.9 Å². The number of hydrogen-bond acceptors (Lipinski definition) is 7. The number of nitrogens with zero attached hydrogens (tertiary/aromatic N) is 2. The molecule has 43 heavy (non-hydrogen) atoms. The maximum absolute atomic E-state index is 13.9. The molecule has 0 spiro atoms. The average Bonchev–Trinajstić information content (AvgIpc) is 3.57. The first-order chi connectivity index (χ1) is 20.3. The molecule has 3 aromatic rings. The van der Waals surface area contributed by atoms with Gasteiger partial charge in [-0.15, -0.1) is 11.3 Å². The Morgan fingerprint density at radius 1 is 1.14 bits per heavy atom. The van der Waals surface area contributed by atoms with Crippen LogP contribution in [0, 0.1) is 21.8 Å². The summed E-state index contributed by atoms with van der Waals surface area (Å²) in [6.45, 7) is 9.93. The number of thiazole rings is 1. The second-order valence-electron chi connectivity index (χ2n) is 12.2. The second kappa shape index (κ2) is 14.3. The molecular weight excluding hydrogens is 677 g/mol. The molecule has 4 atom stereocenters. The van der Waals surface area contributed by atoms with Crippen LogP contribution in [0.4, 0.5) is 0 Å². The first kappa shape index (κ1) is 33.1. The number of ketones is 1. The molecular formula is C33H40IN3O5S.